The first-order valence-corrected chi connectivity index (χ1v) is 7.01. The second-order valence-electron chi connectivity index (χ2n) is 4.97. The zero-order valence-electron chi connectivity index (χ0n) is 12.3. The van der Waals surface area contributed by atoms with Gasteiger partial charge in [0.15, 0.2) is 0 Å². The summed E-state index contributed by atoms with van der Waals surface area (Å²) in [5, 5.41) is 21.1. The summed E-state index contributed by atoms with van der Waals surface area (Å²) in [6.07, 6.45) is -0.888. The second-order valence-corrected chi connectivity index (χ2v) is 4.97. The number of aliphatic hydroxyl groups excluding tert-OH is 2. The Labute approximate surface area is 129 Å². The summed E-state index contributed by atoms with van der Waals surface area (Å²) in [6, 6.07) is 14.1. The Morgan fingerprint density at radius 2 is 1.86 bits per heavy atom. The molecule has 0 saturated carbocycles. The van der Waals surface area contributed by atoms with Crippen molar-refractivity contribution in [2.75, 3.05) is 18.5 Å². The van der Waals surface area contributed by atoms with Gasteiger partial charge in [0.1, 0.15) is 5.75 Å². The van der Waals surface area contributed by atoms with Crippen molar-refractivity contribution in [3.05, 3.63) is 59.7 Å². The van der Waals surface area contributed by atoms with Crippen LogP contribution < -0.4 is 10.1 Å². The van der Waals surface area contributed by atoms with E-state index in [-0.39, 0.29) is 13.2 Å². The number of rotatable bonds is 6. The first-order chi connectivity index (χ1) is 10.6. The maximum atomic E-state index is 12.3. The van der Waals surface area contributed by atoms with Gasteiger partial charge in [-0.3, -0.25) is 0 Å². The Kier molecular flexibility index (Phi) is 5.52. The Hall–Kier alpha value is -2.37. The van der Waals surface area contributed by atoms with Crippen LogP contribution in [0.1, 0.15) is 15.9 Å². The van der Waals surface area contributed by atoms with Crippen molar-refractivity contribution in [2.45, 2.75) is 13.0 Å². The van der Waals surface area contributed by atoms with Crippen LogP contribution in [0, 0.1) is 6.92 Å². The molecule has 0 bridgehead atoms. The molecule has 0 radical (unpaired) electrons. The van der Waals surface area contributed by atoms with E-state index in [1.165, 1.54) is 0 Å². The number of benzene rings is 2. The Morgan fingerprint density at radius 1 is 1.18 bits per heavy atom. The van der Waals surface area contributed by atoms with Gasteiger partial charge in [0.25, 0.3) is 0 Å². The number of anilines is 1. The molecular formula is C17H19NO4. The van der Waals surface area contributed by atoms with E-state index < -0.39 is 12.1 Å². The van der Waals surface area contributed by atoms with Gasteiger partial charge < -0.3 is 20.3 Å². The Balaban J connectivity index is 2.10. The third kappa shape index (κ3) is 4.31. The Morgan fingerprint density at radius 3 is 2.55 bits per heavy atom. The van der Waals surface area contributed by atoms with Crippen molar-refractivity contribution in [3.8, 4) is 5.75 Å². The summed E-state index contributed by atoms with van der Waals surface area (Å²) >= 11 is 0. The predicted octanol–water partition coefficient (Wildman–Crippen LogP) is 1.98. The molecule has 0 amide bonds. The van der Waals surface area contributed by atoms with E-state index in [2.05, 4.69) is 5.32 Å². The highest BCUT2D eigenvalue weighted by Crippen LogP contribution is 2.19. The number of ether oxygens (including phenoxy) is 1. The van der Waals surface area contributed by atoms with Crippen LogP contribution in [0.3, 0.4) is 0 Å². The molecule has 22 heavy (non-hydrogen) atoms. The fourth-order valence-corrected chi connectivity index (χ4v) is 1.88. The lowest BCUT2D eigenvalue weighted by Gasteiger charge is -2.13. The fourth-order valence-electron chi connectivity index (χ4n) is 1.88. The lowest BCUT2D eigenvalue weighted by Crippen LogP contribution is -2.24. The molecule has 0 aliphatic rings. The molecule has 0 aromatic heterocycles. The molecule has 116 valence electrons. The van der Waals surface area contributed by atoms with Crippen LogP contribution in [-0.4, -0.2) is 35.4 Å². The molecule has 1 atom stereocenters. The van der Waals surface area contributed by atoms with Gasteiger partial charge >= 0.3 is 5.97 Å². The summed E-state index contributed by atoms with van der Waals surface area (Å²) in [6.45, 7) is 1.76. The van der Waals surface area contributed by atoms with Crippen LogP contribution >= 0.6 is 0 Å². The fraction of sp³-hybridized carbons (Fsp3) is 0.235. The minimum absolute atomic E-state index is 0.144. The number of esters is 1. The zero-order valence-corrected chi connectivity index (χ0v) is 12.3. The van der Waals surface area contributed by atoms with E-state index in [0.29, 0.717) is 17.0 Å². The van der Waals surface area contributed by atoms with Crippen LogP contribution in [0.5, 0.6) is 5.75 Å². The molecule has 2 rings (SSSR count). The van der Waals surface area contributed by atoms with Crippen molar-refractivity contribution in [1.29, 1.82) is 0 Å². The zero-order chi connectivity index (χ0) is 15.9. The quantitative estimate of drug-likeness (QED) is 0.561. The third-order valence-corrected chi connectivity index (χ3v) is 3.12. The maximum absolute atomic E-state index is 12.3. The molecular weight excluding hydrogens is 282 g/mol. The Bertz CT molecular complexity index is 625. The molecule has 0 fully saturated rings. The topological polar surface area (TPSA) is 78.8 Å². The molecule has 0 spiro atoms. The van der Waals surface area contributed by atoms with E-state index in [9.17, 15) is 9.90 Å². The van der Waals surface area contributed by atoms with E-state index >= 15 is 0 Å². The molecule has 0 heterocycles. The van der Waals surface area contributed by atoms with Gasteiger partial charge in [0, 0.05) is 12.2 Å². The van der Waals surface area contributed by atoms with Gasteiger partial charge in [0.05, 0.1) is 18.3 Å². The summed E-state index contributed by atoms with van der Waals surface area (Å²) in [5.41, 5.74) is 2.00. The van der Waals surface area contributed by atoms with E-state index in [1.54, 1.807) is 36.4 Å². The van der Waals surface area contributed by atoms with Crippen LogP contribution in [0.25, 0.3) is 0 Å². The number of aryl methyl sites for hydroxylation is 1. The second kappa shape index (κ2) is 7.59. The van der Waals surface area contributed by atoms with E-state index in [4.69, 9.17) is 9.84 Å². The van der Waals surface area contributed by atoms with Gasteiger partial charge in [-0.15, -0.1) is 0 Å². The highest BCUT2D eigenvalue weighted by atomic mass is 16.5. The summed E-state index contributed by atoms with van der Waals surface area (Å²) in [5.74, 6) is -0.00811. The number of hydrogen-bond donors (Lipinski definition) is 3. The van der Waals surface area contributed by atoms with Crippen LogP contribution in [0.15, 0.2) is 48.5 Å². The highest BCUT2D eigenvalue weighted by Gasteiger charge is 2.14. The largest absolute Gasteiger partial charge is 0.423 e. The lowest BCUT2D eigenvalue weighted by atomic mass is 10.1. The van der Waals surface area contributed by atoms with Crippen molar-refractivity contribution in [2.24, 2.45) is 0 Å². The van der Waals surface area contributed by atoms with Gasteiger partial charge in [-0.2, -0.15) is 0 Å². The van der Waals surface area contributed by atoms with Crippen LogP contribution in [0.4, 0.5) is 5.69 Å². The number of carbonyl (C=O) groups is 1. The predicted molar refractivity (Wildman–Crippen MR) is 84.2 cm³/mol. The monoisotopic (exact) mass is 301 g/mol. The molecule has 0 saturated heterocycles. The standard InChI is InChI=1S/C17H19NO4/c1-12-6-8-14(9-7-12)22-17(21)15-4-2-3-5-16(15)18-10-13(20)11-19/h2-9,13,18-20H,10-11H2,1H3. The SMILES string of the molecule is Cc1ccc(OC(=O)c2ccccc2NCC(O)CO)cc1. The molecule has 1 unspecified atom stereocenters. The molecule has 0 aliphatic carbocycles. The normalized spacial score (nSPS) is 11.8. The first-order valence-electron chi connectivity index (χ1n) is 7.01. The average Bonchev–Trinajstić information content (AvgIpc) is 2.55. The van der Waals surface area contributed by atoms with Crippen molar-refractivity contribution >= 4 is 11.7 Å². The lowest BCUT2D eigenvalue weighted by molar-refractivity contribution is 0.0735. The maximum Gasteiger partial charge on any atom is 0.345 e. The minimum Gasteiger partial charge on any atom is -0.423 e. The van der Waals surface area contributed by atoms with Gasteiger partial charge in [-0.25, -0.2) is 4.79 Å². The van der Waals surface area contributed by atoms with E-state index in [0.717, 1.165) is 5.56 Å². The highest BCUT2D eigenvalue weighted by molar-refractivity contribution is 5.96. The molecule has 5 nitrogen and oxygen atoms in total. The number of nitrogens with one attached hydrogen (secondary N) is 1. The first kappa shape index (κ1) is 16.0. The number of carbonyl (C=O) groups excluding carboxylic acids is 1. The van der Waals surface area contributed by atoms with Gasteiger partial charge in [-0.05, 0) is 31.2 Å². The molecule has 5 heteroatoms. The van der Waals surface area contributed by atoms with Crippen molar-refractivity contribution in [3.63, 3.8) is 0 Å². The van der Waals surface area contributed by atoms with Gasteiger partial charge in [0.2, 0.25) is 0 Å². The molecule has 2 aromatic carbocycles. The van der Waals surface area contributed by atoms with Crippen molar-refractivity contribution in [1.82, 2.24) is 0 Å². The minimum atomic E-state index is -0.888. The summed E-state index contributed by atoms with van der Waals surface area (Å²) in [4.78, 5) is 12.3. The van der Waals surface area contributed by atoms with Crippen LogP contribution in [0.2, 0.25) is 0 Å². The molecule has 0 aliphatic heterocycles. The summed E-state index contributed by atoms with van der Waals surface area (Å²) < 4.78 is 5.34. The van der Waals surface area contributed by atoms with Crippen LogP contribution in [-0.2, 0) is 0 Å². The summed E-state index contributed by atoms with van der Waals surface area (Å²) in [7, 11) is 0. The smallest absolute Gasteiger partial charge is 0.345 e. The average molecular weight is 301 g/mol. The van der Waals surface area contributed by atoms with Crippen molar-refractivity contribution < 1.29 is 19.7 Å². The van der Waals surface area contributed by atoms with E-state index in [1.807, 2.05) is 19.1 Å². The molecule has 2 aromatic rings. The number of aliphatic hydroxyl groups is 2. The third-order valence-electron chi connectivity index (χ3n) is 3.12. The number of para-hydroxylation sites is 1. The number of hydrogen-bond acceptors (Lipinski definition) is 5. The van der Waals surface area contributed by atoms with Gasteiger partial charge in [-0.1, -0.05) is 29.8 Å². The molecule has 3 N–H and O–H groups in total.